The molecule has 2 N–H and O–H groups in total. The predicted molar refractivity (Wildman–Crippen MR) is 97.0 cm³/mol. The monoisotopic (exact) mass is 345 g/mol. The van der Waals surface area contributed by atoms with Crippen molar-refractivity contribution < 1.29 is 14.0 Å². The fraction of sp³-hybridized carbons (Fsp3) is 0.474. The normalized spacial score (nSPS) is 12.4. The lowest BCUT2D eigenvalue weighted by atomic mass is 10.1. The van der Waals surface area contributed by atoms with E-state index < -0.39 is 0 Å². The van der Waals surface area contributed by atoms with E-state index in [2.05, 4.69) is 29.0 Å². The van der Waals surface area contributed by atoms with Crippen molar-refractivity contribution in [1.82, 2.24) is 15.2 Å². The molecule has 1 atom stereocenters. The molecule has 0 aromatic carbocycles. The molecule has 2 rings (SSSR count). The summed E-state index contributed by atoms with van der Waals surface area (Å²) in [5, 5.41) is 2.97. The number of aryl methyl sites for hydroxylation is 1. The van der Waals surface area contributed by atoms with Crippen LogP contribution in [0.5, 0.6) is 0 Å². The number of ketones is 1. The molecule has 0 saturated heterocycles. The van der Waals surface area contributed by atoms with E-state index in [4.69, 9.17) is 4.42 Å². The largest absolute Gasteiger partial charge is 0.468 e. The second-order valence-corrected chi connectivity index (χ2v) is 6.14. The van der Waals surface area contributed by atoms with Gasteiger partial charge in [-0.15, -0.1) is 0 Å². The Kier molecular flexibility index (Phi) is 6.20. The van der Waals surface area contributed by atoms with Crippen molar-refractivity contribution in [3.8, 4) is 0 Å². The molecule has 25 heavy (non-hydrogen) atoms. The van der Waals surface area contributed by atoms with E-state index in [1.54, 1.807) is 13.2 Å². The fourth-order valence-corrected chi connectivity index (χ4v) is 3.34. The Hall–Kier alpha value is -2.34. The van der Waals surface area contributed by atoms with Gasteiger partial charge in [0.2, 0.25) is 0 Å². The van der Waals surface area contributed by atoms with Crippen LogP contribution in [0, 0.1) is 13.8 Å². The van der Waals surface area contributed by atoms with Crippen molar-refractivity contribution in [2.45, 2.75) is 40.7 Å². The van der Waals surface area contributed by atoms with Crippen LogP contribution in [0.3, 0.4) is 0 Å². The highest BCUT2D eigenvalue weighted by Gasteiger charge is 2.24. The lowest BCUT2D eigenvalue weighted by Gasteiger charge is -2.28. The molecule has 2 heterocycles. The third-order valence-electron chi connectivity index (χ3n) is 4.60. The van der Waals surface area contributed by atoms with E-state index in [-0.39, 0.29) is 17.7 Å². The molecule has 0 radical (unpaired) electrons. The second kappa shape index (κ2) is 8.16. The summed E-state index contributed by atoms with van der Waals surface area (Å²) in [6.07, 6.45) is 1.64. The highest BCUT2D eigenvalue weighted by Crippen LogP contribution is 2.21. The van der Waals surface area contributed by atoms with Crippen LogP contribution in [0.25, 0.3) is 0 Å². The number of Topliss-reactive ketones (excluding diaryl/α,β-unsaturated/α-hetero) is 1. The van der Waals surface area contributed by atoms with E-state index >= 15 is 0 Å². The average Bonchev–Trinajstić information content (AvgIpc) is 3.19. The summed E-state index contributed by atoms with van der Waals surface area (Å²) in [6.45, 7) is 11.4. The third-order valence-corrected chi connectivity index (χ3v) is 4.60. The Balaban J connectivity index is 2.17. The minimum Gasteiger partial charge on any atom is -0.468 e. The van der Waals surface area contributed by atoms with Gasteiger partial charge in [0.15, 0.2) is 5.78 Å². The Morgan fingerprint density at radius 2 is 1.96 bits per heavy atom. The van der Waals surface area contributed by atoms with E-state index in [0.29, 0.717) is 23.4 Å². The third kappa shape index (κ3) is 4.02. The molecule has 0 bridgehead atoms. The Labute approximate surface area is 148 Å². The maximum Gasteiger partial charge on any atom is 0.268 e. The van der Waals surface area contributed by atoms with Gasteiger partial charge in [0.25, 0.3) is 5.91 Å². The quantitative estimate of drug-likeness (QED) is 0.720. The number of hydrogen-bond acceptors (Lipinski definition) is 4. The van der Waals surface area contributed by atoms with Crippen molar-refractivity contribution in [2.24, 2.45) is 0 Å². The number of furan rings is 1. The van der Waals surface area contributed by atoms with Crippen LogP contribution < -0.4 is 5.32 Å². The molecule has 2 aromatic heterocycles. The standard InChI is InChI=1S/C19H27N3O3/c1-6-22(7-2)15(16-9-8-10-25-16)11-20-19(24)18-12(3)17(14(5)23)13(4)21-18/h8-10,15,21H,6-7,11H2,1-5H3,(H,20,24). The second-order valence-electron chi connectivity index (χ2n) is 6.14. The molecule has 0 spiro atoms. The van der Waals surface area contributed by atoms with Crippen LogP contribution >= 0.6 is 0 Å². The summed E-state index contributed by atoms with van der Waals surface area (Å²) < 4.78 is 5.55. The topological polar surface area (TPSA) is 78.3 Å². The number of aromatic nitrogens is 1. The minimum atomic E-state index is -0.211. The van der Waals surface area contributed by atoms with Crippen LogP contribution in [0.2, 0.25) is 0 Å². The van der Waals surface area contributed by atoms with Crippen molar-refractivity contribution in [3.05, 3.63) is 46.7 Å². The summed E-state index contributed by atoms with van der Waals surface area (Å²) in [7, 11) is 0. The number of H-pyrrole nitrogens is 1. The van der Waals surface area contributed by atoms with E-state index in [0.717, 1.165) is 24.5 Å². The van der Waals surface area contributed by atoms with E-state index in [1.165, 1.54) is 6.92 Å². The van der Waals surface area contributed by atoms with Gasteiger partial charge < -0.3 is 14.7 Å². The number of carbonyl (C=O) groups is 2. The smallest absolute Gasteiger partial charge is 0.268 e. The molecular weight excluding hydrogens is 318 g/mol. The zero-order valence-electron chi connectivity index (χ0n) is 15.6. The number of hydrogen-bond donors (Lipinski definition) is 2. The average molecular weight is 345 g/mol. The van der Waals surface area contributed by atoms with Gasteiger partial charge >= 0.3 is 0 Å². The van der Waals surface area contributed by atoms with Gasteiger partial charge in [0, 0.05) is 17.8 Å². The molecule has 0 aliphatic carbocycles. The number of rotatable bonds is 8. The molecule has 0 saturated carbocycles. The fourth-order valence-electron chi connectivity index (χ4n) is 3.34. The molecule has 6 nitrogen and oxygen atoms in total. The molecular formula is C19H27N3O3. The van der Waals surface area contributed by atoms with Crippen molar-refractivity contribution in [2.75, 3.05) is 19.6 Å². The van der Waals surface area contributed by atoms with Gasteiger partial charge in [-0.3, -0.25) is 14.5 Å². The number of carbonyl (C=O) groups excluding carboxylic acids is 2. The van der Waals surface area contributed by atoms with Crippen LogP contribution in [0.15, 0.2) is 22.8 Å². The first-order chi connectivity index (χ1) is 11.9. The molecule has 1 unspecified atom stereocenters. The van der Waals surface area contributed by atoms with Crippen LogP contribution in [0.1, 0.15) is 64.7 Å². The van der Waals surface area contributed by atoms with Gasteiger partial charge in [-0.1, -0.05) is 13.8 Å². The minimum absolute atomic E-state index is 0.0300. The maximum absolute atomic E-state index is 12.6. The van der Waals surface area contributed by atoms with Crippen LogP contribution in [-0.4, -0.2) is 41.2 Å². The number of likely N-dealkylation sites (N-methyl/N-ethyl adjacent to an activating group) is 1. The molecule has 6 heteroatoms. The first-order valence-corrected chi connectivity index (χ1v) is 8.66. The van der Waals surface area contributed by atoms with Gasteiger partial charge in [-0.05, 0) is 51.6 Å². The summed E-state index contributed by atoms with van der Waals surface area (Å²) >= 11 is 0. The van der Waals surface area contributed by atoms with Crippen molar-refractivity contribution in [3.63, 3.8) is 0 Å². The number of amides is 1. The number of nitrogens with zero attached hydrogens (tertiary/aromatic N) is 1. The summed E-state index contributed by atoms with van der Waals surface area (Å²) in [5.74, 6) is 0.575. The predicted octanol–water partition coefficient (Wildman–Crippen LogP) is 3.24. The molecule has 0 fully saturated rings. The van der Waals surface area contributed by atoms with Crippen LogP contribution in [-0.2, 0) is 0 Å². The highest BCUT2D eigenvalue weighted by molar-refractivity contribution is 6.02. The Morgan fingerprint density at radius 3 is 2.44 bits per heavy atom. The molecule has 136 valence electrons. The lowest BCUT2D eigenvalue weighted by Crippen LogP contribution is -2.38. The first-order valence-electron chi connectivity index (χ1n) is 8.66. The van der Waals surface area contributed by atoms with Crippen LogP contribution in [0.4, 0.5) is 0 Å². The maximum atomic E-state index is 12.6. The Morgan fingerprint density at radius 1 is 1.28 bits per heavy atom. The lowest BCUT2D eigenvalue weighted by molar-refractivity contribution is 0.0924. The molecule has 0 aliphatic heterocycles. The number of nitrogens with one attached hydrogen (secondary N) is 2. The van der Waals surface area contributed by atoms with Crippen molar-refractivity contribution in [1.29, 1.82) is 0 Å². The van der Waals surface area contributed by atoms with Gasteiger partial charge in [0.05, 0.1) is 12.3 Å². The molecule has 0 aliphatic rings. The van der Waals surface area contributed by atoms with Crippen molar-refractivity contribution >= 4 is 11.7 Å². The highest BCUT2D eigenvalue weighted by atomic mass is 16.3. The zero-order chi connectivity index (χ0) is 18.6. The summed E-state index contributed by atoms with van der Waals surface area (Å²) in [4.78, 5) is 29.6. The summed E-state index contributed by atoms with van der Waals surface area (Å²) in [6, 6.07) is 3.75. The SMILES string of the molecule is CCN(CC)C(CNC(=O)c1[nH]c(C)c(C(C)=O)c1C)c1ccco1. The Bertz CT molecular complexity index is 727. The van der Waals surface area contributed by atoms with E-state index in [1.807, 2.05) is 19.1 Å². The number of aromatic amines is 1. The summed E-state index contributed by atoms with van der Waals surface area (Å²) in [5.41, 5.74) is 2.46. The van der Waals surface area contributed by atoms with Gasteiger partial charge in [0.1, 0.15) is 11.5 Å². The van der Waals surface area contributed by atoms with Gasteiger partial charge in [-0.25, -0.2) is 0 Å². The van der Waals surface area contributed by atoms with E-state index in [9.17, 15) is 9.59 Å². The first kappa shape index (κ1) is 19.0. The van der Waals surface area contributed by atoms with Gasteiger partial charge in [-0.2, -0.15) is 0 Å². The molecule has 1 amide bonds. The zero-order valence-corrected chi connectivity index (χ0v) is 15.6. The molecule has 2 aromatic rings.